The van der Waals surface area contributed by atoms with Crippen LogP contribution in [0.1, 0.15) is 168 Å². The van der Waals surface area contributed by atoms with E-state index in [0.29, 0.717) is 23.9 Å². The Morgan fingerprint density at radius 2 is 1.00 bits per heavy atom. The van der Waals surface area contributed by atoms with E-state index in [-0.39, 0.29) is 26.1 Å². The van der Waals surface area contributed by atoms with Gasteiger partial charge in [-0.25, -0.2) is 0 Å². The maximum Gasteiger partial charge on any atom is 0.306 e. The van der Waals surface area contributed by atoms with Gasteiger partial charge in [-0.2, -0.15) is 0 Å². The quantitative estimate of drug-likeness (QED) is 0.0197. The number of esters is 2. The summed E-state index contributed by atoms with van der Waals surface area (Å²) in [5.74, 6) is -0.910. The lowest BCUT2D eigenvalue weighted by atomic mass is 10.1. The van der Waals surface area contributed by atoms with Crippen LogP contribution in [-0.4, -0.2) is 70.0 Å². The van der Waals surface area contributed by atoms with Crippen molar-refractivity contribution in [3.63, 3.8) is 0 Å². The molecule has 2 atom stereocenters. The molecule has 0 radical (unpaired) electrons. The Bertz CT molecular complexity index is 1220. The van der Waals surface area contributed by atoms with Crippen LogP contribution in [0, 0.1) is 0 Å². The molecule has 0 spiro atoms. The first-order valence-electron chi connectivity index (χ1n) is 22.6. The second-order valence-electron chi connectivity index (χ2n) is 16.0. The number of carbonyl (C=O) groups excluding carboxylic acids is 2. The van der Waals surface area contributed by atoms with Gasteiger partial charge < -0.3 is 27.9 Å². The lowest BCUT2D eigenvalue weighted by Gasteiger charge is -2.28. The average Bonchev–Trinajstić information content (AvgIpc) is 3.17. The molecule has 0 rings (SSSR count). The van der Waals surface area contributed by atoms with Crippen LogP contribution in [0.4, 0.5) is 0 Å². The lowest BCUT2D eigenvalue weighted by Crippen LogP contribution is -2.37. The minimum absolute atomic E-state index is 0.0431. The van der Waals surface area contributed by atoms with Crippen LogP contribution in [0.2, 0.25) is 0 Å². The molecule has 0 saturated carbocycles. The van der Waals surface area contributed by atoms with Crippen LogP contribution in [-0.2, 0) is 32.7 Å². The Balaban J connectivity index is 4.44. The largest absolute Gasteiger partial charge is 0.756 e. The van der Waals surface area contributed by atoms with E-state index in [1.807, 2.05) is 27.2 Å². The summed E-state index contributed by atoms with van der Waals surface area (Å²) in [4.78, 5) is 37.5. The van der Waals surface area contributed by atoms with Gasteiger partial charge in [0.15, 0.2) is 6.10 Å². The molecule has 0 aromatic carbocycles. The first-order valence-corrected chi connectivity index (χ1v) is 24.1. The van der Waals surface area contributed by atoms with E-state index in [0.717, 1.165) is 57.8 Å². The predicted molar refractivity (Wildman–Crippen MR) is 240 cm³/mol. The first-order chi connectivity index (χ1) is 28.0. The number of phosphoric ester groups is 1. The van der Waals surface area contributed by atoms with E-state index in [9.17, 15) is 19.0 Å². The zero-order valence-corrected chi connectivity index (χ0v) is 38.4. The fourth-order valence-electron chi connectivity index (χ4n) is 5.68. The Morgan fingerprint density at radius 3 is 1.53 bits per heavy atom. The number of ether oxygens (including phenoxy) is 2. The number of unbranched alkanes of at least 4 members (excludes halogenated alkanes) is 14. The molecular formula is C48H84NO8P. The number of rotatable bonds is 40. The van der Waals surface area contributed by atoms with Crippen molar-refractivity contribution in [2.24, 2.45) is 0 Å². The third-order valence-corrected chi connectivity index (χ3v) is 10.2. The van der Waals surface area contributed by atoms with Crippen molar-refractivity contribution in [3.05, 3.63) is 72.9 Å². The summed E-state index contributed by atoms with van der Waals surface area (Å²) in [7, 11) is 1.12. The van der Waals surface area contributed by atoms with E-state index in [4.69, 9.17) is 18.5 Å². The maximum absolute atomic E-state index is 12.7. The molecule has 9 nitrogen and oxygen atoms in total. The summed E-state index contributed by atoms with van der Waals surface area (Å²) in [6.07, 6.45) is 49.3. The molecule has 0 aromatic rings. The van der Waals surface area contributed by atoms with Crippen molar-refractivity contribution < 1.29 is 42.1 Å². The Labute approximate surface area is 355 Å². The second kappa shape index (κ2) is 39.9. The molecule has 0 saturated heterocycles. The van der Waals surface area contributed by atoms with E-state index < -0.39 is 32.5 Å². The Hall–Kier alpha value is -2.55. The number of allylic oxidation sites excluding steroid dienone is 12. The summed E-state index contributed by atoms with van der Waals surface area (Å²) < 4.78 is 33.9. The number of quaternary nitrogens is 1. The summed E-state index contributed by atoms with van der Waals surface area (Å²) >= 11 is 0. The van der Waals surface area contributed by atoms with Gasteiger partial charge in [0.05, 0.1) is 27.7 Å². The highest BCUT2D eigenvalue weighted by Gasteiger charge is 2.21. The van der Waals surface area contributed by atoms with Crippen LogP contribution in [0.5, 0.6) is 0 Å². The van der Waals surface area contributed by atoms with Crippen molar-refractivity contribution in [2.45, 2.75) is 174 Å². The van der Waals surface area contributed by atoms with Crippen molar-refractivity contribution in [1.82, 2.24) is 0 Å². The van der Waals surface area contributed by atoms with Crippen molar-refractivity contribution >= 4 is 19.8 Å². The molecule has 0 aliphatic rings. The van der Waals surface area contributed by atoms with E-state index >= 15 is 0 Å². The summed E-state index contributed by atoms with van der Waals surface area (Å²) in [6, 6.07) is 0. The van der Waals surface area contributed by atoms with Gasteiger partial charge in [-0.3, -0.25) is 14.2 Å². The predicted octanol–water partition coefficient (Wildman–Crippen LogP) is 12.4. The molecule has 0 heterocycles. The molecule has 0 fully saturated rings. The Kier molecular flexibility index (Phi) is 38.1. The Morgan fingerprint density at radius 1 is 0.552 bits per heavy atom. The highest BCUT2D eigenvalue weighted by atomic mass is 31.2. The second-order valence-corrected chi connectivity index (χ2v) is 17.4. The fraction of sp³-hybridized carbons (Fsp3) is 0.708. The SMILES string of the molecule is CC/C=C/C/C=C/C/C=C/C/C=C/C/C=C/CCCC(=O)OC[C@H](COP(=O)([O-])OCC[N+](C)(C)C)OC(=O)CCCCCCCCCCC/C=C/CCCCCC. The zero-order chi connectivity index (χ0) is 42.8. The number of nitrogens with zero attached hydrogens (tertiary/aromatic N) is 1. The summed E-state index contributed by atoms with van der Waals surface area (Å²) in [6.45, 7) is 4.02. The van der Waals surface area contributed by atoms with Crippen molar-refractivity contribution in [3.8, 4) is 0 Å². The zero-order valence-electron chi connectivity index (χ0n) is 37.5. The third-order valence-electron chi connectivity index (χ3n) is 9.21. The summed E-state index contributed by atoms with van der Waals surface area (Å²) in [5.41, 5.74) is 0. The van der Waals surface area contributed by atoms with Crippen molar-refractivity contribution in [2.75, 3.05) is 47.5 Å². The number of phosphoric acid groups is 1. The van der Waals surface area contributed by atoms with Gasteiger partial charge in [0.25, 0.3) is 7.82 Å². The van der Waals surface area contributed by atoms with Gasteiger partial charge in [0.2, 0.25) is 0 Å². The first kappa shape index (κ1) is 55.5. The van der Waals surface area contributed by atoms with Gasteiger partial charge in [-0.05, 0) is 77.0 Å². The molecule has 1 unspecified atom stereocenters. The standard InChI is InChI=1S/C48H84NO8P/c1-6-8-10-12-14-16-18-20-22-24-26-28-30-32-34-36-38-40-47(50)54-44-46(45-56-58(52,53)55-43-42-49(3,4)5)57-48(51)41-39-37-35-33-31-29-27-25-23-21-19-17-15-13-11-9-7-2/h8,10,14,16-17,19-20,22,26,28,32,34,46H,6-7,9,11-13,15,18,21,23-25,27,29-31,33,35-45H2,1-5H3/b10-8+,16-14+,19-17+,22-20+,28-26+,34-32+/t46-/m1/s1. The van der Waals surface area contributed by atoms with Gasteiger partial charge in [0, 0.05) is 12.8 Å². The summed E-state index contributed by atoms with van der Waals surface area (Å²) in [5, 5.41) is 0. The van der Waals surface area contributed by atoms with Gasteiger partial charge in [0.1, 0.15) is 19.8 Å². The van der Waals surface area contributed by atoms with Crippen LogP contribution in [0.15, 0.2) is 72.9 Å². The highest BCUT2D eigenvalue weighted by Crippen LogP contribution is 2.38. The molecular weight excluding hydrogens is 750 g/mol. The topological polar surface area (TPSA) is 111 Å². The number of hydrogen-bond acceptors (Lipinski definition) is 8. The molecule has 0 aliphatic heterocycles. The monoisotopic (exact) mass is 834 g/mol. The number of carbonyl (C=O) groups is 2. The van der Waals surface area contributed by atoms with Gasteiger partial charge in [-0.1, -0.05) is 151 Å². The third kappa shape index (κ3) is 43.0. The maximum atomic E-state index is 12.7. The van der Waals surface area contributed by atoms with E-state index in [1.54, 1.807) is 0 Å². The molecule has 334 valence electrons. The molecule has 0 amide bonds. The number of hydrogen-bond donors (Lipinski definition) is 0. The van der Waals surface area contributed by atoms with Crippen LogP contribution >= 0.6 is 7.82 Å². The van der Waals surface area contributed by atoms with Crippen LogP contribution < -0.4 is 4.89 Å². The lowest BCUT2D eigenvalue weighted by molar-refractivity contribution is -0.870. The molecule has 58 heavy (non-hydrogen) atoms. The van der Waals surface area contributed by atoms with Crippen molar-refractivity contribution in [1.29, 1.82) is 0 Å². The number of likely N-dealkylation sites (N-methyl/N-ethyl adjacent to an activating group) is 1. The molecule has 0 bridgehead atoms. The van der Waals surface area contributed by atoms with Crippen LogP contribution in [0.25, 0.3) is 0 Å². The highest BCUT2D eigenvalue weighted by molar-refractivity contribution is 7.45. The minimum Gasteiger partial charge on any atom is -0.756 e. The van der Waals surface area contributed by atoms with Gasteiger partial charge in [-0.15, -0.1) is 0 Å². The molecule has 10 heteroatoms. The molecule has 0 aliphatic carbocycles. The smallest absolute Gasteiger partial charge is 0.306 e. The molecule has 0 N–H and O–H groups in total. The fourth-order valence-corrected chi connectivity index (χ4v) is 6.41. The average molecular weight is 834 g/mol. The van der Waals surface area contributed by atoms with Gasteiger partial charge >= 0.3 is 11.9 Å². The van der Waals surface area contributed by atoms with E-state index in [1.165, 1.54) is 70.6 Å². The van der Waals surface area contributed by atoms with E-state index in [2.05, 4.69) is 80.7 Å². The minimum atomic E-state index is -4.64. The van der Waals surface area contributed by atoms with Crippen LogP contribution in [0.3, 0.4) is 0 Å². The normalized spacial score (nSPS) is 14.2. The molecule has 0 aromatic heterocycles.